The predicted molar refractivity (Wildman–Crippen MR) is 75.1 cm³/mol. The van der Waals surface area contributed by atoms with E-state index in [0.717, 1.165) is 16.9 Å². The van der Waals surface area contributed by atoms with Crippen LogP contribution in [0, 0.1) is 0 Å². The van der Waals surface area contributed by atoms with Crippen LogP contribution in [0.25, 0.3) is 5.65 Å². The summed E-state index contributed by atoms with van der Waals surface area (Å²) < 4.78 is 8.00. The second-order valence-corrected chi connectivity index (χ2v) is 4.36. The molecule has 3 rings (SSSR count). The van der Waals surface area contributed by atoms with Gasteiger partial charge in [0, 0.05) is 12.8 Å². The first-order valence-corrected chi connectivity index (χ1v) is 6.48. The van der Waals surface area contributed by atoms with E-state index in [1.165, 1.54) is 0 Å². The molecule has 0 radical (unpaired) electrons. The van der Waals surface area contributed by atoms with Gasteiger partial charge in [-0.1, -0.05) is 36.4 Å². The largest absolute Gasteiger partial charge is 0.367 e. The van der Waals surface area contributed by atoms with Gasteiger partial charge < -0.3 is 9.14 Å². The summed E-state index contributed by atoms with van der Waals surface area (Å²) in [5.74, 6) is 0. The Morgan fingerprint density at radius 2 is 1.89 bits per heavy atom. The predicted octanol–water partition coefficient (Wildman–Crippen LogP) is 3.46. The normalized spacial score (nSPS) is 12.7. The summed E-state index contributed by atoms with van der Waals surface area (Å²) in [6, 6.07) is 16.2. The van der Waals surface area contributed by atoms with Crippen molar-refractivity contribution in [2.45, 2.75) is 13.0 Å². The van der Waals surface area contributed by atoms with Gasteiger partial charge in [-0.3, -0.25) is 0 Å². The molecule has 3 nitrogen and oxygen atoms in total. The Labute approximate surface area is 112 Å². The first-order valence-electron chi connectivity index (χ1n) is 6.48. The molecule has 1 unspecified atom stereocenters. The molecule has 0 aliphatic rings. The highest BCUT2D eigenvalue weighted by Crippen LogP contribution is 2.26. The second kappa shape index (κ2) is 5.24. The average molecular weight is 252 g/mol. The minimum Gasteiger partial charge on any atom is -0.367 e. The third-order valence-electron chi connectivity index (χ3n) is 3.15. The smallest absolute Gasteiger partial charge is 0.136 e. The van der Waals surface area contributed by atoms with E-state index in [1.54, 1.807) is 0 Å². The fourth-order valence-corrected chi connectivity index (χ4v) is 2.29. The van der Waals surface area contributed by atoms with Crippen LogP contribution in [-0.2, 0) is 4.74 Å². The van der Waals surface area contributed by atoms with Gasteiger partial charge in [0.15, 0.2) is 0 Å². The monoisotopic (exact) mass is 252 g/mol. The van der Waals surface area contributed by atoms with Crippen LogP contribution in [0.5, 0.6) is 0 Å². The SMILES string of the molecule is CCOC(c1ccccc1)c1cnc2ccccn12. The highest BCUT2D eigenvalue weighted by Gasteiger charge is 2.17. The number of fused-ring (bicyclic) bond motifs is 1. The molecule has 2 heterocycles. The van der Waals surface area contributed by atoms with E-state index in [2.05, 4.69) is 21.5 Å². The van der Waals surface area contributed by atoms with Crippen molar-refractivity contribution in [3.63, 3.8) is 0 Å². The number of hydrogen-bond acceptors (Lipinski definition) is 2. The molecule has 0 aliphatic carbocycles. The first kappa shape index (κ1) is 11.9. The minimum atomic E-state index is -0.0800. The van der Waals surface area contributed by atoms with Crippen LogP contribution in [0.3, 0.4) is 0 Å². The Hall–Kier alpha value is -2.13. The van der Waals surface area contributed by atoms with E-state index in [1.807, 2.05) is 55.7 Å². The van der Waals surface area contributed by atoms with Crippen molar-refractivity contribution in [3.8, 4) is 0 Å². The van der Waals surface area contributed by atoms with Crippen molar-refractivity contribution in [3.05, 3.63) is 72.2 Å². The van der Waals surface area contributed by atoms with Gasteiger partial charge in [0.2, 0.25) is 0 Å². The van der Waals surface area contributed by atoms with Gasteiger partial charge in [0.05, 0.1) is 11.9 Å². The molecule has 0 saturated carbocycles. The van der Waals surface area contributed by atoms with Gasteiger partial charge in [-0.05, 0) is 24.6 Å². The molecule has 0 aliphatic heterocycles. The van der Waals surface area contributed by atoms with E-state index in [-0.39, 0.29) is 6.10 Å². The van der Waals surface area contributed by atoms with Crippen molar-refractivity contribution < 1.29 is 4.74 Å². The molecule has 1 aromatic carbocycles. The highest BCUT2D eigenvalue weighted by atomic mass is 16.5. The molecule has 2 aromatic heterocycles. The molecule has 1 atom stereocenters. The van der Waals surface area contributed by atoms with Gasteiger partial charge >= 0.3 is 0 Å². The third kappa shape index (κ3) is 2.25. The quantitative estimate of drug-likeness (QED) is 0.711. The maximum absolute atomic E-state index is 5.92. The Kier molecular flexibility index (Phi) is 3.29. The van der Waals surface area contributed by atoms with Gasteiger partial charge in [0.25, 0.3) is 0 Å². The van der Waals surface area contributed by atoms with Gasteiger partial charge in [-0.2, -0.15) is 0 Å². The van der Waals surface area contributed by atoms with Crippen molar-refractivity contribution >= 4 is 5.65 Å². The van der Waals surface area contributed by atoms with Crippen LogP contribution in [0.2, 0.25) is 0 Å². The molecular weight excluding hydrogens is 236 g/mol. The van der Waals surface area contributed by atoms with Crippen molar-refractivity contribution in [2.75, 3.05) is 6.61 Å². The zero-order valence-electron chi connectivity index (χ0n) is 10.9. The van der Waals surface area contributed by atoms with Crippen molar-refractivity contribution in [2.24, 2.45) is 0 Å². The Morgan fingerprint density at radius 3 is 2.68 bits per heavy atom. The lowest BCUT2D eigenvalue weighted by molar-refractivity contribution is 0.0878. The summed E-state index contributed by atoms with van der Waals surface area (Å²) in [5.41, 5.74) is 3.15. The van der Waals surface area contributed by atoms with E-state index < -0.39 is 0 Å². The fraction of sp³-hybridized carbons (Fsp3) is 0.188. The number of benzene rings is 1. The molecule has 0 amide bonds. The number of pyridine rings is 1. The molecule has 0 N–H and O–H groups in total. The number of imidazole rings is 1. The molecule has 0 bridgehead atoms. The summed E-state index contributed by atoms with van der Waals surface area (Å²) >= 11 is 0. The number of ether oxygens (including phenoxy) is 1. The summed E-state index contributed by atoms with van der Waals surface area (Å²) in [4.78, 5) is 4.43. The lowest BCUT2D eigenvalue weighted by atomic mass is 10.1. The number of rotatable bonds is 4. The standard InChI is InChI=1S/C16H16N2O/c1-2-19-16(13-8-4-3-5-9-13)14-12-17-15-10-6-7-11-18(14)15/h3-12,16H,2H2,1H3. The van der Waals surface area contributed by atoms with Crippen molar-refractivity contribution in [1.29, 1.82) is 0 Å². The molecule has 0 saturated heterocycles. The second-order valence-electron chi connectivity index (χ2n) is 4.36. The minimum absolute atomic E-state index is 0.0800. The number of hydrogen-bond donors (Lipinski definition) is 0. The molecule has 96 valence electrons. The van der Waals surface area contributed by atoms with Gasteiger partial charge in [-0.15, -0.1) is 0 Å². The van der Waals surface area contributed by atoms with E-state index in [0.29, 0.717) is 6.61 Å². The van der Waals surface area contributed by atoms with Crippen LogP contribution in [0.1, 0.15) is 24.3 Å². The van der Waals surface area contributed by atoms with E-state index in [4.69, 9.17) is 4.74 Å². The van der Waals surface area contributed by atoms with Gasteiger partial charge in [0.1, 0.15) is 11.8 Å². The molecule has 19 heavy (non-hydrogen) atoms. The van der Waals surface area contributed by atoms with Crippen LogP contribution >= 0.6 is 0 Å². The summed E-state index contributed by atoms with van der Waals surface area (Å²) in [6.45, 7) is 2.68. The fourth-order valence-electron chi connectivity index (χ4n) is 2.29. The molecule has 0 spiro atoms. The molecular formula is C16H16N2O. The third-order valence-corrected chi connectivity index (χ3v) is 3.15. The van der Waals surface area contributed by atoms with Crippen LogP contribution < -0.4 is 0 Å². The topological polar surface area (TPSA) is 26.5 Å². The van der Waals surface area contributed by atoms with Crippen molar-refractivity contribution in [1.82, 2.24) is 9.38 Å². The first-order chi connectivity index (χ1) is 9.40. The van der Waals surface area contributed by atoms with Crippen LogP contribution in [-0.4, -0.2) is 16.0 Å². The zero-order valence-corrected chi connectivity index (χ0v) is 10.9. The summed E-state index contributed by atoms with van der Waals surface area (Å²) in [7, 11) is 0. The average Bonchev–Trinajstić information content (AvgIpc) is 2.89. The van der Waals surface area contributed by atoms with Gasteiger partial charge in [-0.25, -0.2) is 4.98 Å². The lowest BCUT2D eigenvalue weighted by Gasteiger charge is -2.17. The molecule has 0 fully saturated rings. The van der Waals surface area contributed by atoms with E-state index in [9.17, 15) is 0 Å². The Morgan fingerprint density at radius 1 is 1.11 bits per heavy atom. The summed E-state index contributed by atoms with van der Waals surface area (Å²) in [5, 5.41) is 0. The lowest BCUT2D eigenvalue weighted by Crippen LogP contribution is -2.08. The van der Waals surface area contributed by atoms with Crippen LogP contribution in [0.15, 0.2) is 60.9 Å². The molecule has 3 heteroatoms. The number of aromatic nitrogens is 2. The molecule has 3 aromatic rings. The van der Waals surface area contributed by atoms with E-state index >= 15 is 0 Å². The zero-order chi connectivity index (χ0) is 13.1. The Bertz CT molecular complexity index is 661. The van der Waals surface area contributed by atoms with Crippen LogP contribution in [0.4, 0.5) is 0 Å². The summed E-state index contributed by atoms with van der Waals surface area (Å²) in [6.07, 6.45) is 3.83. The maximum Gasteiger partial charge on any atom is 0.136 e. The maximum atomic E-state index is 5.92. The number of nitrogens with zero attached hydrogens (tertiary/aromatic N) is 2. The Balaban J connectivity index is 2.10. The highest BCUT2D eigenvalue weighted by molar-refractivity contribution is 5.42.